The van der Waals surface area contributed by atoms with Gasteiger partial charge in [0.15, 0.2) is 0 Å². The molecular weight excluding hydrogens is 309 g/mol. The normalized spacial score (nSPS) is 10.7. The summed E-state index contributed by atoms with van der Waals surface area (Å²) in [6.07, 6.45) is 3.13. The third-order valence-corrected chi connectivity index (χ3v) is 2.69. The maximum absolute atomic E-state index is 13.0. The van der Waals surface area contributed by atoms with Crippen LogP contribution in [0.4, 0.5) is 12.9 Å². The van der Waals surface area contributed by atoms with Crippen molar-refractivity contribution in [3.63, 3.8) is 0 Å². The molecule has 8 heteroatoms. The molecule has 21 heavy (non-hydrogen) atoms. The zero-order valence-corrected chi connectivity index (χ0v) is 14.8. The molecule has 0 bridgehead atoms. The van der Waals surface area contributed by atoms with E-state index >= 15 is 0 Å². The van der Waals surface area contributed by atoms with E-state index in [0.29, 0.717) is 5.56 Å². The molecule has 2 rings (SSSR count). The van der Waals surface area contributed by atoms with E-state index in [4.69, 9.17) is 9.47 Å². The number of ether oxygens (including phenoxy) is 2. The van der Waals surface area contributed by atoms with Gasteiger partial charge in [0.25, 0.3) is 0 Å². The van der Waals surface area contributed by atoms with Gasteiger partial charge in [-0.15, -0.1) is 0 Å². The molecule has 0 aliphatic heterocycles. The Hall–Kier alpha value is -0.539. The molecule has 0 aliphatic rings. The van der Waals surface area contributed by atoms with Crippen LogP contribution in [-0.2, 0) is 6.61 Å². The van der Waals surface area contributed by atoms with Gasteiger partial charge in [-0.1, -0.05) is 11.5 Å². The minimum atomic E-state index is -5.17. The van der Waals surface area contributed by atoms with Crippen LogP contribution in [0.3, 0.4) is 0 Å². The number of hydrogen-bond donors (Lipinski definition) is 0. The van der Waals surface area contributed by atoms with E-state index in [2.05, 4.69) is 4.98 Å². The number of benzene rings is 1. The van der Waals surface area contributed by atoms with Crippen LogP contribution in [0.15, 0.2) is 42.7 Å². The minimum absolute atomic E-state index is 0. The van der Waals surface area contributed by atoms with Crippen LogP contribution >= 0.6 is 0 Å². The van der Waals surface area contributed by atoms with E-state index in [0.717, 1.165) is 6.07 Å². The van der Waals surface area contributed by atoms with Crippen LogP contribution in [0.1, 0.15) is 5.56 Å². The quantitative estimate of drug-likeness (QED) is 0.711. The standard InChI is InChI=1S/C13H12BF3NO2.K/c1-19-11-4-5-13(12(7-11)14(15,16)17)20-9-10-3-2-6-18-8-10;/h2-8H,9H2,1H3;/q-1;+1. The SMILES string of the molecule is COc1ccc(OCc2cccnc2)c([B-](F)(F)F)c1.[K+]. The topological polar surface area (TPSA) is 31.4 Å². The first kappa shape index (κ1) is 18.5. The molecule has 2 aromatic rings. The summed E-state index contributed by atoms with van der Waals surface area (Å²) >= 11 is 0. The largest absolute Gasteiger partial charge is 1.00 e. The van der Waals surface area contributed by atoms with Crippen LogP contribution in [0, 0.1) is 0 Å². The molecule has 0 atom stereocenters. The summed E-state index contributed by atoms with van der Waals surface area (Å²) in [6, 6.07) is 7.07. The van der Waals surface area contributed by atoms with Crippen molar-refractivity contribution in [2.24, 2.45) is 0 Å². The first-order valence-corrected chi connectivity index (χ1v) is 5.90. The van der Waals surface area contributed by atoms with Gasteiger partial charge in [-0.25, -0.2) is 0 Å². The van der Waals surface area contributed by atoms with Gasteiger partial charge in [0, 0.05) is 18.0 Å². The van der Waals surface area contributed by atoms with Gasteiger partial charge in [-0.05, 0) is 24.3 Å². The molecule has 1 heterocycles. The molecule has 0 saturated heterocycles. The average Bonchev–Trinajstić information content (AvgIpc) is 2.45. The second-order valence-electron chi connectivity index (χ2n) is 4.13. The number of methoxy groups -OCH3 is 1. The Morgan fingerprint density at radius 1 is 1.19 bits per heavy atom. The molecule has 0 amide bonds. The fourth-order valence-electron chi connectivity index (χ4n) is 1.69. The number of aromatic nitrogens is 1. The average molecular weight is 321 g/mol. The fraction of sp³-hybridized carbons (Fsp3) is 0.154. The summed E-state index contributed by atoms with van der Waals surface area (Å²) in [5, 5.41) is 0. The van der Waals surface area contributed by atoms with Crippen LogP contribution in [0.2, 0.25) is 0 Å². The molecule has 1 aromatic heterocycles. The van der Waals surface area contributed by atoms with Gasteiger partial charge in [-0.3, -0.25) is 4.98 Å². The molecule has 1 aromatic carbocycles. The van der Waals surface area contributed by atoms with E-state index in [1.54, 1.807) is 24.5 Å². The van der Waals surface area contributed by atoms with E-state index in [1.165, 1.54) is 19.2 Å². The van der Waals surface area contributed by atoms with E-state index < -0.39 is 12.4 Å². The maximum atomic E-state index is 13.0. The van der Waals surface area contributed by atoms with Crippen molar-refractivity contribution in [2.75, 3.05) is 7.11 Å². The zero-order chi connectivity index (χ0) is 14.6. The van der Waals surface area contributed by atoms with Crippen molar-refractivity contribution >= 4 is 12.4 Å². The Bertz CT molecular complexity index is 581. The first-order valence-electron chi connectivity index (χ1n) is 5.90. The maximum Gasteiger partial charge on any atom is 1.00 e. The van der Waals surface area contributed by atoms with E-state index in [9.17, 15) is 12.9 Å². The van der Waals surface area contributed by atoms with Crippen LogP contribution in [-0.4, -0.2) is 19.1 Å². The van der Waals surface area contributed by atoms with Crippen LogP contribution in [0.5, 0.6) is 11.5 Å². The smallest absolute Gasteiger partial charge is 0.497 e. The molecule has 0 spiro atoms. The first-order chi connectivity index (χ1) is 9.50. The van der Waals surface area contributed by atoms with Crippen LogP contribution in [0.25, 0.3) is 0 Å². The van der Waals surface area contributed by atoms with Gasteiger partial charge in [0.2, 0.25) is 0 Å². The Morgan fingerprint density at radius 3 is 2.52 bits per heavy atom. The number of halogens is 3. The summed E-state index contributed by atoms with van der Waals surface area (Å²) in [4.78, 5) is 3.88. The molecule has 106 valence electrons. The Morgan fingerprint density at radius 2 is 1.95 bits per heavy atom. The number of pyridine rings is 1. The van der Waals surface area contributed by atoms with Crippen molar-refractivity contribution in [3.8, 4) is 11.5 Å². The van der Waals surface area contributed by atoms with Crippen molar-refractivity contribution in [2.45, 2.75) is 6.61 Å². The summed E-state index contributed by atoms with van der Waals surface area (Å²) in [5.41, 5.74) is -0.0998. The predicted octanol–water partition coefficient (Wildman–Crippen LogP) is -0.272. The van der Waals surface area contributed by atoms with Gasteiger partial charge >= 0.3 is 58.4 Å². The second-order valence-corrected chi connectivity index (χ2v) is 4.13. The van der Waals surface area contributed by atoms with Crippen molar-refractivity contribution in [1.29, 1.82) is 0 Å². The molecular formula is C13H12BF3KNO2. The number of nitrogens with zero attached hydrogens (tertiary/aromatic N) is 1. The van der Waals surface area contributed by atoms with E-state index in [1.807, 2.05) is 0 Å². The van der Waals surface area contributed by atoms with Gasteiger partial charge in [-0.2, -0.15) is 0 Å². The third-order valence-electron chi connectivity index (χ3n) is 2.69. The van der Waals surface area contributed by atoms with Crippen molar-refractivity contribution in [3.05, 3.63) is 48.3 Å². The van der Waals surface area contributed by atoms with Crippen molar-refractivity contribution in [1.82, 2.24) is 4.98 Å². The summed E-state index contributed by atoms with van der Waals surface area (Å²) in [7, 11) is 1.32. The summed E-state index contributed by atoms with van der Waals surface area (Å²) in [5.74, 6) is -0.0601. The van der Waals surface area contributed by atoms with E-state index in [-0.39, 0.29) is 69.5 Å². The summed E-state index contributed by atoms with van der Waals surface area (Å²) < 4.78 is 49.1. The number of rotatable bonds is 5. The Balaban J connectivity index is 0.00000220. The third kappa shape index (κ3) is 5.30. The molecule has 0 unspecified atom stereocenters. The monoisotopic (exact) mass is 321 g/mol. The summed E-state index contributed by atoms with van der Waals surface area (Å²) in [6.45, 7) is -5.14. The number of hydrogen-bond acceptors (Lipinski definition) is 3. The van der Waals surface area contributed by atoms with Gasteiger partial charge < -0.3 is 22.4 Å². The van der Waals surface area contributed by atoms with Crippen molar-refractivity contribution < 1.29 is 73.8 Å². The van der Waals surface area contributed by atoms with Gasteiger partial charge in [0.05, 0.1) is 12.9 Å². The Kier molecular flexibility index (Phi) is 7.22. The second kappa shape index (κ2) is 8.19. The zero-order valence-electron chi connectivity index (χ0n) is 11.7. The van der Waals surface area contributed by atoms with Gasteiger partial charge in [0.1, 0.15) is 12.4 Å². The molecule has 0 radical (unpaired) electrons. The molecule has 0 saturated carbocycles. The molecule has 0 fully saturated rings. The molecule has 0 aliphatic carbocycles. The fourth-order valence-corrected chi connectivity index (χ4v) is 1.69. The molecule has 3 nitrogen and oxygen atoms in total. The molecule has 0 N–H and O–H groups in total. The minimum Gasteiger partial charge on any atom is -0.497 e. The Labute approximate surface area is 163 Å². The predicted molar refractivity (Wildman–Crippen MR) is 70.3 cm³/mol. The van der Waals surface area contributed by atoms with Crippen LogP contribution < -0.4 is 66.3 Å².